The number of aromatic nitrogens is 1. The molecular formula is C25H21N3O2. The lowest BCUT2D eigenvalue weighted by atomic mass is 9.98. The van der Waals surface area contributed by atoms with Gasteiger partial charge in [-0.25, -0.2) is 4.98 Å². The summed E-state index contributed by atoms with van der Waals surface area (Å²) in [5.41, 5.74) is 3.53. The van der Waals surface area contributed by atoms with Gasteiger partial charge >= 0.3 is 0 Å². The topological polar surface area (TPSA) is 78.9 Å². The number of hydrogen-bond donors (Lipinski definition) is 1. The molecule has 0 radical (unpaired) electrons. The van der Waals surface area contributed by atoms with Crippen molar-refractivity contribution in [2.45, 2.75) is 26.8 Å². The predicted molar refractivity (Wildman–Crippen MR) is 118 cm³/mol. The van der Waals surface area contributed by atoms with E-state index in [4.69, 9.17) is 5.79 Å². The Labute approximate surface area is 176 Å². The second-order valence-corrected chi connectivity index (χ2v) is 7.20. The number of hydrogen-bond acceptors (Lipinski definition) is 5. The Balaban J connectivity index is 1.96. The maximum atomic E-state index is 13.2. The maximum Gasteiger partial charge on any atom is 0.196 e. The molecule has 30 heavy (non-hydrogen) atoms. The lowest BCUT2D eigenvalue weighted by Gasteiger charge is -2.19. The van der Waals surface area contributed by atoms with Crippen LogP contribution in [-0.4, -0.2) is 4.98 Å². The quantitative estimate of drug-likeness (QED) is 0.491. The lowest BCUT2D eigenvalue weighted by molar-refractivity contribution is 0.605. The predicted octanol–water partition coefficient (Wildman–Crippen LogP) is 5.52. The Hall–Kier alpha value is -3.91. The van der Waals surface area contributed by atoms with E-state index in [2.05, 4.69) is 10.3 Å². The number of pyridine rings is 1. The fourth-order valence-corrected chi connectivity index (χ4v) is 3.54. The number of rotatable bonds is 4. The summed E-state index contributed by atoms with van der Waals surface area (Å²) in [7, 11) is 0. The van der Waals surface area contributed by atoms with Gasteiger partial charge in [-0.2, -0.15) is 5.26 Å². The largest absolute Gasteiger partial charge is 0.455 e. The first-order valence-corrected chi connectivity index (χ1v) is 9.59. The van der Waals surface area contributed by atoms with Crippen LogP contribution in [0.4, 0.5) is 5.69 Å². The fourth-order valence-electron chi connectivity index (χ4n) is 3.54. The van der Waals surface area contributed by atoms with Crippen molar-refractivity contribution >= 4 is 16.7 Å². The fraction of sp³-hybridized carbons (Fsp3) is 0.160. The number of benzene rings is 2. The summed E-state index contributed by atoms with van der Waals surface area (Å²) >= 11 is 0. The number of nitrogens with zero attached hydrogens (tertiary/aromatic N) is 2. The minimum atomic E-state index is -1.39. The Morgan fingerprint density at radius 2 is 1.93 bits per heavy atom. The minimum Gasteiger partial charge on any atom is -0.455 e. The normalized spacial score (nSPS) is 13.3. The van der Waals surface area contributed by atoms with E-state index in [1.165, 1.54) is 6.20 Å². The van der Waals surface area contributed by atoms with Crippen LogP contribution in [0.3, 0.4) is 0 Å². The van der Waals surface area contributed by atoms with E-state index >= 15 is 0 Å². The van der Waals surface area contributed by atoms with Gasteiger partial charge < -0.3 is 9.73 Å². The van der Waals surface area contributed by atoms with Gasteiger partial charge in [0.1, 0.15) is 17.4 Å². The number of aryl methyl sites for hydroxylation is 1. The summed E-state index contributed by atoms with van der Waals surface area (Å²) in [6.45, 7) is 5.30. The molecule has 5 nitrogen and oxygen atoms in total. The minimum absolute atomic E-state index is 0.125. The van der Waals surface area contributed by atoms with Crippen LogP contribution >= 0.6 is 0 Å². The Morgan fingerprint density at radius 1 is 1.17 bits per heavy atom. The van der Waals surface area contributed by atoms with Crippen LogP contribution in [0.1, 0.15) is 36.7 Å². The highest BCUT2D eigenvalue weighted by Gasteiger charge is 2.19. The monoisotopic (exact) mass is 396 g/mol. The molecule has 4 aromatic rings. The van der Waals surface area contributed by atoms with Gasteiger partial charge in [0.15, 0.2) is 11.1 Å². The molecule has 0 saturated carbocycles. The molecule has 0 aliphatic rings. The van der Waals surface area contributed by atoms with E-state index < -0.39 is 6.02 Å². The van der Waals surface area contributed by atoms with Gasteiger partial charge in [0.05, 0.1) is 18.5 Å². The molecular weight excluding hydrogens is 374 g/mol. The standard InChI is InChI=1S/C25H21N3O2/c1-15-12-19(17(3)28-21-10-7-11-27-22(21)14-26)25-20(13-15)23(29)16(2)24(30-25)18-8-5-4-6-9-18/h4-13,17,28H,1-3H3/i17D. The van der Waals surface area contributed by atoms with E-state index in [9.17, 15) is 10.1 Å². The lowest BCUT2D eigenvalue weighted by Crippen LogP contribution is -2.13. The van der Waals surface area contributed by atoms with Crippen molar-refractivity contribution in [1.82, 2.24) is 4.98 Å². The van der Waals surface area contributed by atoms with Gasteiger partial charge in [0.2, 0.25) is 0 Å². The number of nitrogens with one attached hydrogen (secondary N) is 1. The van der Waals surface area contributed by atoms with Crippen molar-refractivity contribution < 1.29 is 5.79 Å². The summed E-state index contributed by atoms with van der Waals surface area (Å²) in [5.74, 6) is 0.484. The zero-order valence-corrected chi connectivity index (χ0v) is 17.0. The van der Waals surface area contributed by atoms with Crippen molar-refractivity contribution in [1.29, 1.82) is 5.26 Å². The van der Waals surface area contributed by atoms with Crippen molar-refractivity contribution in [3.05, 3.63) is 93.4 Å². The zero-order valence-electron chi connectivity index (χ0n) is 18.0. The molecule has 5 heteroatoms. The molecule has 4 rings (SSSR count). The number of anilines is 1. The smallest absolute Gasteiger partial charge is 0.196 e. The summed E-state index contributed by atoms with van der Waals surface area (Å²) in [5, 5.41) is 12.9. The van der Waals surface area contributed by atoms with Crippen LogP contribution < -0.4 is 10.7 Å². The second kappa shape index (κ2) is 7.84. The number of fused-ring (bicyclic) bond motifs is 1. The third-order valence-electron chi connectivity index (χ3n) is 5.04. The third kappa shape index (κ3) is 3.44. The van der Waals surface area contributed by atoms with Gasteiger partial charge in [-0.3, -0.25) is 4.79 Å². The van der Waals surface area contributed by atoms with E-state index in [0.29, 0.717) is 33.5 Å². The van der Waals surface area contributed by atoms with Crippen LogP contribution in [0.2, 0.25) is 0 Å². The average molecular weight is 396 g/mol. The molecule has 0 saturated heterocycles. The molecule has 2 aromatic carbocycles. The second-order valence-electron chi connectivity index (χ2n) is 7.20. The first-order chi connectivity index (χ1) is 14.8. The van der Waals surface area contributed by atoms with Gasteiger partial charge in [-0.1, -0.05) is 36.4 Å². The first kappa shape index (κ1) is 18.1. The van der Waals surface area contributed by atoms with Crippen LogP contribution in [0.15, 0.2) is 70.0 Å². The molecule has 0 aliphatic carbocycles. The molecule has 0 amide bonds. The average Bonchev–Trinajstić information content (AvgIpc) is 2.77. The van der Waals surface area contributed by atoms with Crippen LogP contribution in [0, 0.1) is 25.2 Å². The molecule has 148 valence electrons. The summed E-state index contributed by atoms with van der Waals surface area (Å²) in [6, 6.07) is 17.1. The summed E-state index contributed by atoms with van der Waals surface area (Å²) in [4.78, 5) is 17.3. The first-order valence-electron chi connectivity index (χ1n) is 10.1. The maximum absolute atomic E-state index is 13.2. The van der Waals surface area contributed by atoms with Gasteiger partial charge in [-0.15, -0.1) is 0 Å². The highest BCUT2D eigenvalue weighted by molar-refractivity contribution is 5.84. The molecule has 0 aliphatic heterocycles. The van der Waals surface area contributed by atoms with Crippen molar-refractivity contribution in [2.24, 2.45) is 0 Å². The highest BCUT2D eigenvalue weighted by Crippen LogP contribution is 2.32. The van der Waals surface area contributed by atoms with Crippen molar-refractivity contribution in [3.63, 3.8) is 0 Å². The highest BCUT2D eigenvalue weighted by atomic mass is 16.3. The zero-order chi connectivity index (χ0) is 22.2. The van der Waals surface area contributed by atoms with E-state index in [-0.39, 0.29) is 11.1 Å². The van der Waals surface area contributed by atoms with E-state index in [0.717, 1.165) is 11.1 Å². The summed E-state index contributed by atoms with van der Waals surface area (Å²) < 4.78 is 15.3. The van der Waals surface area contributed by atoms with Crippen LogP contribution in [0.5, 0.6) is 0 Å². The third-order valence-corrected chi connectivity index (χ3v) is 5.04. The van der Waals surface area contributed by atoms with Crippen LogP contribution in [0.25, 0.3) is 22.3 Å². The van der Waals surface area contributed by atoms with Gasteiger partial charge in [0, 0.05) is 22.9 Å². The molecule has 2 aromatic heterocycles. The Morgan fingerprint density at radius 3 is 2.67 bits per heavy atom. The molecule has 0 fully saturated rings. The molecule has 1 unspecified atom stereocenters. The van der Waals surface area contributed by atoms with E-state index in [1.807, 2.05) is 49.4 Å². The molecule has 2 heterocycles. The Kier molecular flexibility index (Phi) is 4.74. The van der Waals surface area contributed by atoms with Gasteiger partial charge in [-0.05, 0) is 44.5 Å². The molecule has 1 N–H and O–H groups in total. The number of nitriles is 1. The molecule has 0 bridgehead atoms. The van der Waals surface area contributed by atoms with E-state index in [1.54, 1.807) is 32.0 Å². The van der Waals surface area contributed by atoms with Crippen LogP contribution in [-0.2, 0) is 0 Å². The summed E-state index contributed by atoms with van der Waals surface area (Å²) in [6.07, 6.45) is 1.53. The van der Waals surface area contributed by atoms with Crippen molar-refractivity contribution in [3.8, 4) is 17.4 Å². The molecule has 0 spiro atoms. The van der Waals surface area contributed by atoms with Crippen molar-refractivity contribution in [2.75, 3.05) is 5.32 Å². The molecule has 1 atom stereocenters. The van der Waals surface area contributed by atoms with Gasteiger partial charge in [0.25, 0.3) is 0 Å². The SMILES string of the molecule is [2H]C(C)(Nc1cccnc1C#N)c1cc(C)cc2c(=O)c(C)c(-c3ccccc3)oc12. The Bertz CT molecular complexity index is 1390.